The Hall–Kier alpha value is -1.86. The van der Waals surface area contributed by atoms with Gasteiger partial charge in [0, 0.05) is 7.05 Å². The highest BCUT2D eigenvalue weighted by molar-refractivity contribution is 5.69. The lowest BCUT2D eigenvalue weighted by Gasteiger charge is -2.35. The minimum atomic E-state index is -5.66. The minimum Gasteiger partial charge on any atom is -0.410 e. The number of carbonyl (C=O) groups excluding carboxylic acids is 1. The van der Waals surface area contributed by atoms with E-state index in [1.165, 1.54) is 7.05 Å². The van der Waals surface area contributed by atoms with E-state index < -0.39 is 23.6 Å². The molecule has 0 aliphatic heterocycles. The van der Waals surface area contributed by atoms with Crippen molar-refractivity contribution in [1.82, 2.24) is 5.32 Å². The van der Waals surface area contributed by atoms with Gasteiger partial charge >= 0.3 is 18.2 Å². The van der Waals surface area contributed by atoms with Crippen molar-refractivity contribution in [2.75, 3.05) is 7.05 Å². The van der Waals surface area contributed by atoms with Gasteiger partial charge in [-0.3, -0.25) is 0 Å². The first kappa shape index (κ1) is 17.2. The number of ether oxygens (including phenoxy) is 1. The maximum absolute atomic E-state index is 13.5. The van der Waals surface area contributed by atoms with E-state index in [-0.39, 0.29) is 11.3 Å². The third-order valence-electron chi connectivity index (χ3n) is 3.13. The van der Waals surface area contributed by atoms with Gasteiger partial charge in [-0.2, -0.15) is 22.0 Å². The van der Waals surface area contributed by atoms with Crippen LogP contribution in [0.5, 0.6) is 5.75 Å². The smallest absolute Gasteiger partial charge is 0.410 e. The van der Waals surface area contributed by atoms with E-state index in [9.17, 15) is 26.7 Å². The Morgan fingerprint density at radius 2 is 1.52 bits per heavy atom. The van der Waals surface area contributed by atoms with Crippen LogP contribution in [0.2, 0.25) is 0 Å². The van der Waals surface area contributed by atoms with Crippen LogP contribution >= 0.6 is 0 Å². The van der Waals surface area contributed by atoms with Crippen molar-refractivity contribution in [2.24, 2.45) is 0 Å². The molecule has 0 bridgehead atoms. The second-order valence-corrected chi connectivity index (χ2v) is 4.86. The van der Waals surface area contributed by atoms with Gasteiger partial charge in [-0.1, -0.05) is 12.1 Å². The van der Waals surface area contributed by atoms with Crippen molar-refractivity contribution in [2.45, 2.75) is 31.4 Å². The molecule has 3 nitrogen and oxygen atoms in total. The summed E-state index contributed by atoms with van der Waals surface area (Å²) in [5.41, 5.74) is -2.69. The molecular formula is C13H14F5NO2. The molecule has 118 valence electrons. The Morgan fingerprint density at radius 1 is 1.05 bits per heavy atom. The normalized spacial score (nSPS) is 13.0. The number of benzene rings is 1. The highest BCUT2D eigenvalue weighted by Crippen LogP contribution is 2.49. The van der Waals surface area contributed by atoms with Crippen LogP contribution in [0.4, 0.5) is 26.7 Å². The number of halogens is 5. The molecular weight excluding hydrogens is 297 g/mol. The Bertz CT molecular complexity index is 508. The van der Waals surface area contributed by atoms with Crippen LogP contribution in [0.3, 0.4) is 0 Å². The van der Waals surface area contributed by atoms with Gasteiger partial charge < -0.3 is 10.1 Å². The van der Waals surface area contributed by atoms with Crippen molar-refractivity contribution in [3.63, 3.8) is 0 Å². The summed E-state index contributed by atoms with van der Waals surface area (Å²) in [4.78, 5) is 11.0. The topological polar surface area (TPSA) is 38.3 Å². The van der Waals surface area contributed by atoms with Gasteiger partial charge in [0.2, 0.25) is 0 Å². The van der Waals surface area contributed by atoms with Crippen LogP contribution in [0.25, 0.3) is 0 Å². The fourth-order valence-electron chi connectivity index (χ4n) is 1.63. The summed E-state index contributed by atoms with van der Waals surface area (Å²) in [5, 5.41) is 2.17. The number of hydrogen-bond acceptors (Lipinski definition) is 2. The summed E-state index contributed by atoms with van der Waals surface area (Å²) in [7, 11) is 1.32. The molecule has 0 heterocycles. The zero-order valence-corrected chi connectivity index (χ0v) is 11.5. The molecule has 1 aromatic rings. The Kier molecular flexibility index (Phi) is 4.50. The summed E-state index contributed by atoms with van der Waals surface area (Å²) in [6.07, 6.45) is -6.43. The molecule has 0 aliphatic carbocycles. The number of carbonyl (C=O) groups is 1. The monoisotopic (exact) mass is 311 g/mol. The van der Waals surface area contributed by atoms with E-state index in [0.717, 1.165) is 38.1 Å². The molecule has 1 rings (SSSR count). The molecule has 1 amide bonds. The SMILES string of the molecule is CNC(=O)Oc1ccc(C(C)(C)C(F)(F)C(F)(F)F)cc1. The van der Waals surface area contributed by atoms with Crippen molar-refractivity contribution in [3.05, 3.63) is 29.8 Å². The molecule has 21 heavy (non-hydrogen) atoms. The van der Waals surface area contributed by atoms with Gasteiger partial charge in [0.05, 0.1) is 5.41 Å². The first-order chi connectivity index (χ1) is 9.43. The van der Waals surface area contributed by atoms with Crippen LogP contribution in [0.1, 0.15) is 19.4 Å². The highest BCUT2D eigenvalue weighted by atomic mass is 19.4. The zero-order valence-electron chi connectivity index (χ0n) is 11.5. The predicted octanol–water partition coefficient (Wildman–Crippen LogP) is 3.88. The van der Waals surface area contributed by atoms with Crippen LogP contribution in [0, 0.1) is 0 Å². The number of amides is 1. The number of hydrogen-bond donors (Lipinski definition) is 1. The first-order valence-electron chi connectivity index (χ1n) is 5.88. The maximum atomic E-state index is 13.5. The van der Waals surface area contributed by atoms with Gasteiger partial charge in [0.1, 0.15) is 5.75 Å². The molecule has 0 unspecified atom stereocenters. The average molecular weight is 311 g/mol. The number of nitrogens with one attached hydrogen (secondary N) is 1. The van der Waals surface area contributed by atoms with E-state index in [1.54, 1.807) is 0 Å². The molecule has 0 saturated heterocycles. The van der Waals surface area contributed by atoms with Crippen molar-refractivity contribution in [3.8, 4) is 5.75 Å². The average Bonchev–Trinajstić information content (AvgIpc) is 2.37. The fraction of sp³-hybridized carbons (Fsp3) is 0.462. The molecule has 1 N–H and O–H groups in total. The second kappa shape index (κ2) is 5.50. The predicted molar refractivity (Wildman–Crippen MR) is 65.6 cm³/mol. The summed E-state index contributed by atoms with van der Waals surface area (Å²) in [6.45, 7) is 1.60. The lowest BCUT2D eigenvalue weighted by atomic mass is 9.78. The van der Waals surface area contributed by atoms with E-state index in [0.29, 0.717) is 0 Å². The quantitative estimate of drug-likeness (QED) is 0.860. The maximum Gasteiger partial charge on any atom is 0.454 e. The van der Waals surface area contributed by atoms with Gasteiger partial charge in [0.15, 0.2) is 0 Å². The van der Waals surface area contributed by atoms with Gasteiger partial charge in [-0.15, -0.1) is 0 Å². The van der Waals surface area contributed by atoms with Crippen LogP contribution in [-0.4, -0.2) is 25.2 Å². The second-order valence-electron chi connectivity index (χ2n) is 4.86. The largest absolute Gasteiger partial charge is 0.454 e. The van der Waals surface area contributed by atoms with Crippen molar-refractivity contribution >= 4 is 6.09 Å². The Balaban J connectivity index is 3.08. The molecule has 1 aromatic carbocycles. The summed E-state index contributed by atoms with van der Waals surface area (Å²) in [6, 6.07) is 4.44. The lowest BCUT2D eigenvalue weighted by Crippen LogP contribution is -2.51. The molecule has 0 saturated carbocycles. The van der Waals surface area contributed by atoms with E-state index >= 15 is 0 Å². The zero-order chi connectivity index (χ0) is 16.5. The molecule has 0 radical (unpaired) electrons. The van der Waals surface area contributed by atoms with E-state index in [4.69, 9.17) is 4.74 Å². The molecule has 8 heteroatoms. The third kappa shape index (κ3) is 3.25. The first-order valence-corrected chi connectivity index (χ1v) is 5.88. The van der Waals surface area contributed by atoms with Gasteiger partial charge in [-0.05, 0) is 31.5 Å². The summed E-state index contributed by atoms with van der Waals surface area (Å²) in [5.74, 6) is -4.87. The summed E-state index contributed by atoms with van der Waals surface area (Å²) < 4.78 is 69.3. The van der Waals surface area contributed by atoms with Crippen LogP contribution in [0.15, 0.2) is 24.3 Å². The van der Waals surface area contributed by atoms with E-state index in [2.05, 4.69) is 5.32 Å². The number of alkyl halides is 5. The Labute approximate surface area is 118 Å². The van der Waals surface area contributed by atoms with Crippen molar-refractivity contribution in [1.29, 1.82) is 0 Å². The molecule has 0 atom stereocenters. The van der Waals surface area contributed by atoms with Crippen LogP contribution in [-0.2, 0) is 5.41 Å². The molecule has 0 fully saturated rings. The lowest BCUT2D eigenvalue weighted by molar-refractivity contribution is -0.305. The molecule has 0 aromatic heterocycles. The Morgan fingerprint density at radius 3 is 1.90 bits per heavy atom. The van der Waals surface area contributed by atoms with Crippen LogP contribution < -0.4 is 10.1 Å². The third-order valence-corrected chi connectivity index (χ3v) is 3.13. The standard InChI is InChI=1S/C13H14F5NO2/c1-11(2,12(14,15)13(16,17)18)8-4-6-9(7-5-8)21-10(20)19-3/h4-7H,1-3H3,(H,19,20). The molecule has 0 aliphatic rings. The molecule has 0 spiro atoms. The van der Waals surface area contributed by atoms with E-state index in [1.807, 2.05) is 0 Å². The van der Waals surface area contributed by atoms with Gasteiger partial charge in [0.25, 0.3) is 0 Å². The fourth-order valence-corrected chi connectivity index (χ4v) is 1.63. The minimum absolute atomic E-state index is 0.0317. The summed E-state index contributed by atoms with van der Waals surface area (Å²) >= 11 is 0. The van der Waals surface area contributed by atoms with Crippen molar-refractivity contribution < 1.29 is 31.5 Å². The van der Waals surface area contributed by atoms with Gasteiger partial charge in [-0.25, -0.2) is 4.79 Å². The highest BCUT2D eigenvalue weighted by Gasteiger charge is 2.66. The number of rotatable bonds is 3.